The Morgan fingerprint density at radius 2 is 1.82 bits per heavy atom. The SMILES string of the molecule is COc1cc(CNC2CCCCCCC2)ccc1OCCO. The number of ether oxygens (including phenoxy) is 2. The number of hydrogen-bond acceptors (Lipinski definition) is 4. The van der Waals surface area contributed by atoms with Crippen LogP contribution in [0.4, 0.5) is 0 Å². The predicted octanol–water partition coefficient (Wildman–Crippen LogP) is 3.27. The number of aliphatic hydroxyl groups excluding tert-OH is 1. The van der Waals surface area contributed by atoms with E-state index in [0.717, 1.165) is 12.3 Å². The van der Waals surface area contributed by atoms with E-state index in [4.69, 9.17) is 14.6 Å². The molecule has 22 heavy (non-hydrogen) atoms. The number of rotatable bonds is 7. The number of methoxy groups -OCH3 is 1. The van der Waals surface area contributed by atoms with E-state index in [1.54, 1.807) is 7.11 Å². The van der Waals surface area contributed by atoms with E-state index < -0.39 is 0 Å². The molecule has 124 valence electrons. The van der Waals surface area contributed by atoms with Crippen LogP contribution in [0.15, 0.2) is 18.2 Å². The van der Waals surface area contributed by atoms with Crippen molar-refractivity contribution in [2.24, 2.45) is 0 Å². The molecule has 1 saturated carbocycles. The second-order valence-electron chi connectivity index (χ2n) is 5.98. The minimum Gasteiger partial charge on any atom is -0.493 e. The molecule has 0 atom stereocenters. The maximum absolute atomic E-state index is 8.84. The molecule has 0 radical (unpaired) electrons. The highest BCUT2D eigenvalue weighted by atomic mass is 16.5. The molecule has 1 aromatic rings. The zero-order valence-corrected chi connectivity index (χ0v) is 13.6. The summed E-state index contributed by atoms with van der Waals surface area (Å²) in [5.74, 6) is 1.41. The van der Waals surface area contributed by atoms with Crippen LogP contribution in [0.25, 0.3) is 0 Å². The fraction of sp³-hybridized carbons (Fsp3) is 0.667. The number of aliphatic hydroxyl groups is 1. The Morgan fingerprint density at radius 3 is 2.50 bits per heavy atom. The van der Waals surface area contributed by atoms with Crippen molar-refractivity contribution >= 4 is 0 Å². The molecular formula is C18H29NO3. The van der Waals surface area contributed by atoms with Crippen molar-refractivity contribution in [1.82, 2.24) is 5.32 Å². The Kier molecular flexibility index (Phi) is 7.54. The molecule has 0 heterocycles. The summed E-state index contributed by atoms with van der Waals surface area (Å²) in [4.78, 5) is 0. The van der Waals surface area contributed by atoms with Gasteiger partial charge < -0.3 is 19.9 Å². The summed E-state index contributed by atoms with van der Waals surface area (Å²) in [5.41, 5.74) is 1.20. The third kappa shape index (κ3) is 5.50. The zero-order chi connectivity index (χ0) is 15.6. The summed E-state index contributed by atoms with van der Waals surface area (Å²) in [6, 6.07) is 6.63. The first kappa shape index (κ1) is 17.1. The second-order valence-corrected chi connectivity index (χ2v) is 5.98. The first-order valence-corrected chi connectivity index (χ1v) is 8.47. The van der Waals surface area contributed by atoms with Gasteiger partial charge in [0, 0.05) is 12.6 Å². The lowest BCUT2D eigenvalue weighted by Gasteiger charge is -2.21. The minimum atomic E-state index is 0.00808. The summed E-state index contributed by atoms with van der Waals surface area (Å²) >= 11 is 0. The quantitative estimate of drug-likeness (QED) is 0.812. The van der Waals surface area contributed by atoms with Crippen LogP contribution in [0, 0.1) is 0 Å². The highest BCUT2D eigenvalue weighted by Gasteiger charge is 2.11. The van der Waals surface area contributed by atoms with Crippen molar-refractivity contribution < 1.29 is 14.6 Å². The van der Waals surface area contributed by atoms with Gasteiger partial charge in [-0.05, 0) is 30.5 Å². The van der Waals surface area contributed by atoms with Crippen LogP contribution in [0.1, 0.15) is 50.5 Å². The highest BCUT2D eigenvalue weighted by Crippen LogP contribution is 2.28. The van der Waals surface area contributed by atoms with E-state index in [1.165, 1.54) is 50.5 Å². The van der Waals surface area contributed by atoms with Crippen LogP contribution < -0.4 is 14.8 Å². The summed E-state index contributed by atoms with van der Waals surface area (Å²) in [5, 5.41) is 12.5. The third-order valence-corrected chi connectivity index (χ3v) is 4.28. The average Bonchev–Trinajstić information content (AvgIpc) is 2.52. The Morgan fingerprint density at radius 1 is 1.09 bits per heavy atom. The lowest BCUT2D eigenvalue weighted by Crippen LogP contribution is -2.29. The summed E-state index contributed by atoms with van der Waals surface area (Å²) < 4.78 is 10.8. The largest absolute Gasteiger partial charge is 0.493 e. The molecule has 0 saturated heterocycles. The van der Waals surface area contributed by atoms with Crippen molar-refractivity contribution in [3.63, 3.8) is 0 Å². The Labute approximate surface area is 133 Å². The molecule has 4 nitrogen and oxygen atoms in total. The van der Waals surface area contributed by atoms with E-state index in [9.17, 15) is 0 Å². The molecular weight excluding hydrogens is 278 g/mol. The molecule has 0 bridgehead atoms. The van der Waals surface area contributed by atoms with E-state index in [1.807, 2.05) is 12.1 Å². The molecule has 4 heteroatoms. The highest BCUT2D eigenvalue weighted by molar-refractivity contribution is 5.42. The monoisotopic (exact) mass is 307 g/mol. The second kappa shape index (κ2) is 9.70. The van der Waals surface area contributed by atoms with Crippen LogP contribution >= 0.6 is 0 Å². The van der Waals surface area contributed by atoms with Crippen LogP contribution in [0.3, 0.4) is 0 Å². The van der Waals surface area contributed by atoms with E-state index in [-0.39, 0.29) is 13.2 Å². The van der Waals surface area contributed by atoms with Gasteiger partial charge in [0.05, 0.1) is 13.7 Å². The first-order chi connectivity index (χ1) is 10.8. The minimum absolute atomic E-state index is 0.00808. The topological polar surface area (TPSA) is 50.7 Å². The predicted molar refractivity (Wildman–Crippen MR) is 88.5 cm³/mol. The molecule has 1 aliphatic carbocycles. The van der Waals surface area contributed by atoms with Gasteiger partial charge in [-0.25, -0.2) is 0 Å². The fourth-order valence-electron chi connectivity index (χ4n) is 3.02. The Bertz CT molecular complexity index is 428. The maximum Gasteiger partial charge on any atom is 0.161 e. The molecule has 0 spiro atoms. The lowest BCUT2D eigenvalue weighted by atomic mass is 9.96. The third-order valence-electron chi connectivity index (χ3n) is 4.28. The van der Waals surface area contributed by atoms with E-state index in [0.29, 0.717) is 11.8 Å². The standard InChI is InChI=1S/C18H29NO3/c1-21-18-13-15(9-10-17(18)22-12-11-20)14-19-16-7-5-3-2-4-6-8-16/h9-10,13,16,19-20H,2-8,11-12,14H2,1H3. The van der Waals surface area contributed by atoms with Gasteiger partial charge >= 0.3 is 0 Å². The van der Waals surface area contributed by atoms with Crippen LogP contribution in [-0.4, -0.2) is 31.5 Å². The van der Waals surface area contributed by atoms with E-state index in [2.05, 4.69) is 11.4 Å². The van der Waals surface area contributed by atoms with Crippen molar-refractivity contribution in [3.8, 4) is 11.5 Å². The smallest absolute Gasteiger partial charge is 0.161 e. The zero-order valence-electron chi connectivity index (χ0n) is 13.6. The van der Waals surface area contributed by atoms with Crippen molar-refractivity contribution in [2.75, 3.05) is 20.3 Å². The van der Waals surface area contributed by atoms with E-state index >= 15 is 0 Å². The summed E-state index contributed by atoms with van der Waals surface area (Å²) in [6.45, 7) is 1.16. The van der Waals surface area contributed by atoms with Crippen molar-refractivity contribution in [3.05, 3.63) is 23.8 Å². The molecule has 1 fully saturated rings. The lowest BCUT2D eigenvalue weighted by molar-refractivity contribution is 0.196. The van der Waals surface area contributed by atoms with Crippen LogP contribution in [0.2, 0.25) is 0 Å². The molecule has 2 N–H and O–H groups in total. The molecule has 0 amide bonds. The average molecular weight is 307 g/mol. The Balaban J connectivity index is 1.88. The van der Waals surface area contributed by atoms with Crippen molar-refractivity contribution in [2.45, 2.75) is 57.5 Å². The van der Waals surface area contributed by atoms with Gasteiger partial charge in [-0.3, -0.25) is 0 Å². The van der Waals surface area contributed by atoms with Gasteiger partial charge in [0.1, 0.15) is 6.61 Å². The molecule has 1 aromatic carbocycles. The first-order valence-electron chi connectivity index (χ1n) is 8.47. The van der Waals surface area contributed by atoms with Gasteiger partial charge in [0.15, 0.2) is 11.5 Å². The molecule has 1 aliphatic rings. The van der Waals surface area contributed by atoms with Gasteiger partial charge in [-0.1, -0.05) is 38.2 Å². The van der Waals surface area contributed by atoms with Gasteiger partial charge in [-0.15, -0.1) is 0 Å². The molecule has 0 aliphatic heterocycles. The van der Waals surface area contributed by atoms with Gasteiger partial charge in [0.25, 0.3) is 0 Å². The fourth-order valence-corrected chi connectivity index (χ4v) is 3.02. The maximum atomic E-state index is 8.84. The number of benzene rings is 1. The summed E-state index contributed by atoms with van der Waals surface area (Å²) in [7, 11) is 1.65. The number of nitrogens with one attached hydrogen (secondary N) is 1. The Hall–Kier alpha value is -1.26. The van der Waals surface area contributed by atoms with Gasteiger partial charge in [0.2, 0.25) is 0 Å². The normalized spacial score (nSPS) is 16.8. The molecule has 0 aromatic heterocycles. The van der Waals surface area contributed by atoms with Crippen LogP contribution in [0.5, 0.6) is 11.5 Å². The van der Waals surface area contributed by atoms with Crippen LogP contribution in [-0.2, 0) is 6.54 Å². The summed E-state index contributed by atoms with van der Waals surface area (Å²) in [6.07, 6.45) is 9.42. The molecule has 0 unspecified atom stereocenters. The number of hydrogen-bond donors (Lipinski definition) is 2. The van der Waals surface area contributed by atoms with Gasteiger partial charge in [-0.2, -0.15) is 0 Å². The molecule has 2 rings (SSSR count). The van der Waals surface area contributed by atoms with Crippen molar-refractivity contribution in [1.29, 1.82) is 0 Å².